The van der Waals surface area contributed by atoms with Crippen molar-refractivity contribution in [1.82, 2.24) is 15.0 Å². The monoisotopic (exact) mass is 266 g/mol. The lowest BCUT2D eigenvalue weighted by Gasteiger charge is -2.12. The van der Waals surface area contributed by atoms with Crippen LogP contribution in [0.3, 0.4) is 0 Å². The molecular weight excluding hydrogens is 252 g/mol. The van der Waals surface area contributed by atoms with Gasteiger partial charge in [0, 0.05) is 0 Å². The first-order valence-electron chi connectivity index (χ1n) is 6.37. The topological polar surface area (TPSA) is 84.7 Å². The molecule has 2 heterocycles. The quantitative estimate of drug-likeness (QED) is 0.754. The highest BCUT2D eigenvalue weighted by Crippen LogP contribution is 2.20. The molecule has 5 nitrogen and oxygen atoms in total. The molecule has 3 aromatic rings. The van der Waals surface area contributed by atoms with Gasteiger partial charge < -0.3 is 10.7 Å². The van der Waals surface area contributed by atoms with Crippen LogP contribution in [0.4, 0.5) is 0 Å². The van der Waals surface area contributed by atoms with Crippen molar-refractivity contribution in [3.05, 3.63) is 60.0 Å². The Morgan fingerprint density at radius 3 is 2.75 bits per heavy atom. The van der Waals surface area contributed by atoms with Crippen LogP contribution < -0.4 is 5.73 Å². The summed E-state index contributed by atoms with van der Waals surface area (Å²) in [5, 5.41) is 0. The van der Waals surface area contributed by atoms with Gasteiger partial charge in [0.15, 0.2) is 5.65 Å². The Labute approximate surface area is 115 Å². The van der Waals surface area contributed by atoms with E-state index < -0.39 is 5.92 Å². The van der Waals surface area contributed by atoms with Crippen LogP contribution in [0.15, 0.2) is 48.8 Å². The first-order chi connectivity index (χ1) is 9.74. The number of aromatic amines is 1. The zero-order valence-electron chi connectivity index (χ0n) is 10.8. The Hall–Kier alpha value is -2.69. The van der Waals surface area contributed by atoms with Gasteiger partial charge in [-0.25, -0.2) is 9.97 Å². The third-order valence-corrected chi connectivity index (χ3v) is 3.29. The Kier molecular flexibility index (Phi) is 3.16. The molecule has 3 N–H and O–H groups in total. The Balaban J connectivity index is 1.95. The Morgan fingerprint density at radius 1 is 1.20 bits per heavy atom. The molecule has 3 rings (SSSR count). The number of aromatic nitrogens is 3. The maximum atomic E-state index is 11.7. The van der Waals surface area contributed by atoms with Gasteiger partial charge in [-0.1, -0.05) is 30.3 Å². The maximum absolute atomic E-state index is 11.7. The molecule has 0 saturated carbocycles. The minimum absolute atomic E-state index is 0.378. The van der Waals surface area contributed by atoms with Gasteiger partial charge in [-0.3, -0.25) is 4.79 Å². The number of amides is 1. The number of primary amides is 1. The van der Waals surface area contributed by atoms with Gasteiger partial charge in [0.2, 0.25) is 5.91 Å². The lowest BCUT2D eigenvalue weighted by molar-refractivity contribution is -0.119. The molecule has 100 valence electrons. The molecule has 0 aliphatic rings. The van der Waals surface area contributed by atoms with E-state index in [1.165, 1.54) is 0 Å². The smallest absolute Gasteiger partial charge is 0.226 e. The van der Waals surface area contributed by atoms with E-state index in [0.717, 1.165) is 11.1 Å². The molecule has 5 heteroatoms. The average Bonchev–Trinajstić information content (AvgIpc) is 2.93. The largest absolute Gasteiger partial charge is 0.369 e. The minimum atomic E-state index is -0.446. The summed E-state index contributed by atoms with van der Waals surface area (Å²) in [6, 6.07) is 13.5. The molecule has 2 aromatic heterocycles. The number of nitrogens with two attached hydrogens (primary N) is 1. The Bertz CT molecular complexity index is 736. The summed E-state index contributed by atoms with van der Waals surface area (Å²) in [7, 11) is 0. The van der Waals surface area contributed by atoms with Crippen molar-refractivity contribution in [2.24, 2.45) is 5.73 Å². The van der Waals surface area contributed by atoms with Crippen LogP contribution in [0.25, 0.3) is 11.2 Å². The number of H-pyrrole nitrogens is 1. The first-order valence-corrected chi connectivity index (χ1v) is 6.37. The second-order valence-corrected chi connectivity index (χ2v) is 4.65. The summed E-state index contributed by atoms with van der Waals surface area (Å²) < 4.78 is 0. The summed E-state index contributed by atoms with van der Waals surface area (Å²) in [4.78, 5) is 23.2. The maximum Gasteiger partial charge on any atom is 0.226 e. The molecule has 0 spiro atoms. The van der Waals surface area contributed by atoms with Crippen LogP contribution in [-0.4, -0.2) is 20.9 Å². The summed E-state index contributed by atoms with van der Waals surface area (Å²) in [5.41, 5.74) is 8.68. The fourth-order valence-corrected chi connectivity index (χ4v) is 2.23. The van der Waals surface area contributed by atoms with E-state index in [4.69, 9.17) is 5.73 Å². The van der Waals surface area contributed by atoms with Gasteiger partial charge in [0.1, 0.15) is 0 Å². The number of carbonyl (C=O) groups excluding carboxylic acids is 1. The zero-order valence-corrected chi connectivity index (χ0v) is 10.8. The average molecular weight is 266 g/mol. The second-order valence-electron chi connectivity index (χ2n) is 4.65. The van der Waals surface area contributed by atoms with E-state index >= 15 is 0 Å². The highest BCUT2D eigenvalue weighted by Gasteiger charge is 2.20. The number of pyridine rings is 1. The number of benzene rings is 1. The molecule has 1 aromatic carbocycles. The fourth-order valence-electron chi connectivity index (χ4n) is 2.23. The van der Waals surface area contributed by atoms with Crippen molar-refractivity contribution in [3.63, 3.8) is 0 Å². The lowest BCUT2D eigenvalue weighted by atomic mass is 9.95. The van der Waals surface area contributed by atoms with Crippen molar-refractivity contribution in [2.45, 2.75) is 12.3 Å². The van der Waals surface area contributed by atoms with Crippen LogP contribution in [0.1, 0.15) is 17.2 Å². The van der Waals surface area contributed by atoms with E-state index in [0.29, 0.717) is 17.8 Å². The van der Waals surface area contributed by atoms with Crippen LogP contribution in [0.2, 0.25) is 0 Å². The SMILES string of the molecule is NC(=O)C(Cc1ccccc1)c1ccc2[nH]cnc2n1. The molecule has 0 saturated heterocycles. The number of imidazole rings is 1. The molecule has 0 bridgehead atoms. The van der Waals surface area contributed by atoms with Gasteiger partial charge in [0.25, 0.3) is 0 Å². The summed E-state index contributed by atoms with van der Waals surface area (Å²) in [5.74, 6) is -0.824. The number of carbonyl (C=O) groups is 1. The van der Waals surface area contributed by atoms with E-state index in [1.807, 2.05) is 42.5 Å². The normalized spacial score (nSPS) is 12.4. The third-order valence-electron chi connectivity index (χ3n) is 3.29. The predicted molar refractivity (Wildman–Crippen MR) is 76.0 cm³/mol. The van der Waals surface area contributed by atoms with E-state index in [-0.39, 0.29) is 5.91 Å². The number of nitrogens with one attached hydrogen (secondary N) is 1. The predicted octanol–water partition coefficient (Wildman–Crippen LogP) is 1.77. The van der Waals surface area contributed by atoms with Crippen LogP contribution in [0, 0.1) is 0 Å². The van der Waals surface area contributed by atoms with Gasteiger partial charge in [-0.15, -0.1) is 0 Å². The molecule has 0 fully saturated rings. The second kappa shape index (κ2) is 5.13. The highest BCUT2D eigenvalue weighted by molar-refractivity contribution is 5.82. The summed E-state index contributed by atoms with van der Waals surface area (Å²) in [6.45, 7) is 0. The summed E-state index contributed by atoms with van der Waals surface area (Å²) in [6.07, 6.45) is 2.12. The van der Waals surface area contributed by atoms with Crippen LogP contribution in [-0.2, 0) is 11.2 Å². The molecule has 1 unspecified atom stereocenters. The van der Waals surface area contributed by atoms with E-state index in [9.17, 15) is 4.79 Å². The highest BCUT2D eigenvalue weighted by atomic mass is 16.1. The standard InChI is InChI=1S/C15H14N4O/c16-14(20)11(8-10-4-2-1-3-5-10)12-6-7-13-15(19-12)18-9-17-13/h1-7,9,11H,8H2,(H2,16,20)(H,17,18,19). The zero-order chi connectivity index (χ0) is 13.9. The van der Waals surface area contributed by atoms with Crippen molar-refractivity contribution < 1.29 is 4.79 Å². The van der Waals surface area contributed by atoms with Crippen molar-refractivity contribution in [1.29, 1.82) is 0 Å². The van der Waals surface area contributed by atoms with Gasteiger partial charge in [-0.2, -0.15) is 0 Å². The molecule has 20 heavy (non-hydrogen) atoms. The van der Waals surface area contributed by atoms with Gasteiger partial charge in [-0.05, 0) is 24.1 Å². The molecule has 0 aliphatic carbocycles. The molecule has 0 radical (unpaired) electrons. The van der Waals surface area contributed by atoms with Crippen molar-refractivity contribution in [2.75, 3.05) is 0 Å². The molecular formula is C15H14N4O. The molecule has 1 amide bonds. The number of rotatable bonds is 4. The van der Waals surface area contributed by atoms with E-state index in [1.54, 1.807) is 6.33 Å². The number of hydrogen-bond donors (Lipinski definition) is 2. The van der Waals surface area contributed by atoms with Crippen molar-refractivity contribution in [3.8, 4) is 0 Å². The first kappa shape index (κ1) is 12.3. The van der Waals surface area contributed by atoms with E-state index in [2.05, 4.69) is 15.0 Å². The minimum Gasteiger partial charge on any atom is -0.369 e. The van der Waals surface area contributed by atoms with Crippen LogP contribution in [0.5, 0.6) is 0 Å². The van der Waals surface area contributed by atoms with Gasteiger partial charge >= 0.3 is 0 Å². The van der Waals surface area contributed by atoms with Gasteiger partial charge in [0.05, 0.1) is 23.5 Å². The van der Waals surface area contributed by atoms with Crippen LogP contribution >= 0.6 is 0 Å². The number of fused-ring (bicyclic) bond motifs is 1. The van der Waals surface area contributed by atoms with Crippen molar-refractivity contribution >= 4 is 17.1 Å². The summed E-state index contributed by atoms with van der Waals surface area (Å²) >= 11 is 0. The number of nitrogens with zero attached hydrogens (tertiary/aromatic N) is 2. The Morgan fingerprint density at radius 2 is 2.00 bits per heavy atom. The fraction of sp³-hybridized carbons (Fsp3) is 0.133. The lowest BCUT2D eigenvalue weighted by Crippen LogP contribution is -2.24. The molecule has 1 atom stereocenters. The number of hydrogen-bond acceptors (Lipinski definition) is 3. The third kappa shape index (κ3) is 2.38. The molecule has 0 aliphatic heterocycles.